The lowest BCUT2D eigenvalue weighted by Gasteiger charge is -2.12. The number of aromatic hydroxyl groups is 2. The Labute approximate surface area is 115 Å². The molecule has 2 rings (SSSR count). The minimum Gasteiger partial charge on any atom is -0.504 e. The Morgan fingerprint density at radius 2 is 2.00 bits per heavy atom. The van der Waals surface area contributed by atoms with Crippen molar-refractivity contribution in [1.82, 2.24) is 5.32 Å². The zero-order chi connectivity index (χ0) is 13.1. The molecule has 3 N–H and O–H groups in total. The molecule has 5 heteroatoms. The maximum atomic E-state index is 9.39. The van der Waals surface area contributed by atoms with Crippen molar-refractivity contribution in [2.75, 3.05) is 0 Å². The SMILES string of the molecule is CC(NCc1ccc(O)c(O)c1)c1ccc(Cl)s1. The third-order valence-electron chi connectivity index (χ3n) is 2.67. The van der Waals surface area contributed by atoms with Crippen molar-refractivity contribution in [2.45, 2.75) is 19.5 Å². The van der Waals surface area contributed by atoms with E-state index in [-0.39, 0.29) is 17.5 Å². The first-order valence-corrected chi connectivity index (χ1v) is 6.75. The van der Waals surface area contributed by atoms with Gasteiger partial charge < -0.3 is 15.5 Å². The van der Waals surface area contributed by atoms with Gasteiger partial charge in [0, 0.05) is 17.5 Å². The fourth-order valence-corrected chi connectivity index (χ4v) is 2.70. The van der Waals surface area contributed by atoms with E-state index in [2.05, 4.69) is 12.2 Å². The van der Waals surface area contributed by atoms with Gasteiger partial charge in [-0.05, 0) is 36.8 Å². The topological polar surface area (TPSA) is 52.5 Å². The summed E-state index contributed by atoms with van der Waals surface area (Å²) in [6.45, 7) is 2.67. The fourth-order valence-electron chi connectivity index (χ4n) is 1.61. The minimum absolute atomic E-state index is 0.0962. The maximum absolute atomic E-state index is 9.39. The Morgan fingerprint density at radius 3 is 2.61 bits per heavy atom. The Balaban J connectivity index is 1.97. The second-order valence-electron chi connectivity index (χ2n) is 4.07. The molecule has 1 atom stereocenters. The third-order valence-corrected chi connectivity index (χ3v) is 4.09. The fraction of sp³-hybridized carbons (Fsp3) is 0.231. The van der Waals surface area contributed by atoms with Crippen molar-refractivity contribution in [1.29, 1.82) is 0 Å². The predicted molar refractivity (Wildman–Crippen MR) is 74.4 cm³/mol. The van der Waals surface area contributed by atoms with Gasteiger partial charge in [0.05, 0.1) is 4.34 Å². The van der Waals surface area contributed by atoms with Crippen LogP contribution in [0.3, 0.4) is 0 Å². The van der Waals surface area contributed by atoms with Gasteiger partial charge in [-0.25, -0.2) is 0 Å². The number of phenols is 2. The summed E-state index contributed by atoms with van der Waals surface area (Å²) in [5.41, 5.74) is 0.916. The number of benzene rings is 1. The molecule has 0 radical (unpaired) electrons. The molecule has 0 saturated carbocycles. The summed E-state index contributed by atoms with van der Waals surface area (Å²) in [6, 6.07) is 8.88. The molecule has 3 nitrogen and oxygen atoms in total. The molecule has 0 saturated heterocycles. The monoisotopic (exact) mass is 283 g/mol. The van der Waals surface area contributed by atoms with Crippen molar-refractivity contribution >= 4 is 22.9 Å². The van der Waals surface area contributed by atoms with Gasteiger partial charge >= 0.3 is 0 Å². The number of halogens is 1. The van der Waals surface area contributed by atoms with Gasteiger partial charge in [0.2, 0.25) is 0 Å². The molecule has 0 spiro atoms. The molecule has 1 heterocycles. The van der Waals surface area contributed by atoms with Crippen LogP contribution in [-0.2, 0) is 6.54 Å². The maximum Gasteiger partial charge on any atom is 0.157 e. The van der Waals surface area contributed by atoms with E-state index in [1.165, 1.54) is 10.9 Å². The molecule has 0 bridgehead atoms. The molecule has 96 valence electrons. The lowest BCUT2D eigenvalue weighted by molar-refractivity contribution is 0.402. The van der Waals surface area contributed by atoms with Crippen LogP contribution in [0.4, 0.5) is 0 Å². The first-order chi connectivity index (χ1) is 8.56. The molecular formula is C13H14ClNO2S. The second kappa shape index (κ2) is 5.61. The largest absolute Gasteiger partial charge is 0.504 e. The zero-order valence-corrected chi connectivity index (χ0v) is 11.4. The zero-order valence-electron chi connectivity index (χ0n) is 9.85. The summed E-state index contributed by atoms with van der Waals surface area (Å²) < 4.78 is 0.779. The highest BCUT2D eigenvalue weighted by molar-refractivity contribution is 7.16. The third kappa shape index (κ3) is 3.16. The summed E-state index contributed by atoms with van der Waals surface area (Å²) in [5, 5.41) is 21.9. The van der Waals surface area contributed by atoms with Crippen molar-refractivity contribution < 1.29 is 10.2 Å². The van der Waals surface area contributed by atoms with E-state index in [0.29, 0.717) is 6.54 Å². The van der Waals surface area contributed by atoms with Crippen LogP contribution in [0.1, 0.15) is 23.4 Å². The minimum atomic E-state index is -0.100. The first-order valence-electron chi connectivity index (χ1n) is 5.55. The summed E-state index contributed by atoms with van der Waals surface area (Å²) in [7, 11) is 0. The Morgan fingerprint density at radius 1 is 1.22 bits per heavy atom. The van der Waals surface area contributed by atoms with E-state index < -0.39 is 0 Å². The highest BCUT2D eigenvalue weighted by atomic mass is 35.5. The molecule has 2 aromatic rings. The highest BCUT2D eigenvalue weighted by Crippen LogP contribution is 2.28. The van der Waals surface area contributed by atoms with Gasteiger partial charge in [0.15, 0.2) is 11.5 Å². The number of nitrogens with one attached hydrogen (secondary N) is 1. The lowest BCUT2D eigenvalue weighted by atomic mass is 10.2. The molecule has 18 heavy (non-hydrogen) atoms. The van der Waals surface area contributed by atoms with Gasteiger partial charge in [-0.1, -0.05) is 17.7 Å². The van der Waals surface area contributed by atoms with Crippen LogP contribution in [0.25, 0.3) is 0 Å². The van der Waals surface area contributed by atoms with Crippen LogP contribution in [0.15, 0.2) is 30.3 Å². The van der Waals surface area contributed by atoms with Crippen molar-refractivity contribution in [3.05, 3.63) is 45.1 Å². The number of rotatable bonds is 4. The van der Waals surface area contributed by atoms with E-state index in [1.54, 1.807) is 23.5 Å². The number of hydrogen-bond acceptors (Lipinski definition) is 4. The van der Waals surface area contributed by atoms with Gasteiger partial charge in [-0.2, -0.15) is 0 Å². The summed E-state index contributed by atoms with van der Waals surface area (Å²) >= 11 is 7.44. The first kappa shape index (κ1) is 13.2. The molecule has 1 unspecified atom stereocenters. The van der Waals surface area contributed by atoms with Gasteiger partial charge in [0.25, 0.3) is 0 Å². The van der Waals surface area contributed by atoms with Gasteiger partial charge in [-0.3, -0.25) is 0 Å². The van der Waals surface area contributed by atoms with E-state index in [1.807, 2.05) is 12.1 Å². The van der Waals surface area contributed by atoms with Gasteiger partial charge in [0.1, 0.15) is 0 Å². The average molecular weight is 284 g/mol. The Hall–Kier alpha value is -1.23. The quantitative estimate of drug-likeness (QED) is 0.751. The van der Waals surface area contributed by atoms with Crippen LogP contribution < -0.4 is 5.32 Å². The summed E-state index contributed by atoms with van der Waals surface area (Å²) in [6.07, 6.45) is 0. The molecule has 0 aliphatic heterocycles. The number of hydrogen-bond donors (Lipinski definition) is 3. The summed E-state index contributed by atoms with van der Waals surface area (Å²) in [4.78, 5) is 1.17. The molecule has 0 fully saturated rings. The van der Waals surface area contributed by atoms with Crippen molar-refractivity contribution in [3.8, 4) is 11.5 Å². The van der Waals surface area contributed by atoms with E-state index >= 15 is 0 Å². The van der Waals surface area contributed by atoms with Crippen molar-refractivity contribution in [2.24, 2.45) is 0 Å². The molecular weight excluding hydrogens is 270 g/mol. The van der Waals surface area contributed by atoms with Crippen LogP contribution in [-0.4, -0.2) is 10.2 Å². The molecule has 0 aliphatic carbocycles. The van der Waals surface area contributed by atoms with Crippen LogP contribution >= 0.6 is 22.9 Å². The van der Waals surface area contributed by atoms with Crippen LogP contribution in [0, 0.1) is 0 Å². The number of phenolic OH excluding ortho intramolecular Hbond substituents is 2. The predicted octanol–water partition coefficient (Wildman–Crippen LogP) is 3.66. The lowest BCUT2D eigenvalue weighted by Crippen LogP contribution is -2.16. The van der Waals surface area contributed by atoms with Gasteiger partial charge in [-0.15, -0.1) is 11.3 Å². The molecule has 1 aromatic carbocycles. The number of thiophene rings is 1. The van der Waals surface area contributed by atoms with E-state index in [9.17, 15) is 10.2 Å². The Bertz CT molecular complexity index is 542. The van der Waals surface area contributed by atoms with E-state index in [4.69, 9.17) is 11.6 Å². The van der Waals surface area contributed by atoms with E-state index in [0.717, 1.165) is 9.90 Å². The smallest absolute Gasteiger partial charge is 0.157 e. The molecule has 0 aliphatic rings. The highest BCUT2D eigenvalue weighted by Gasteiger charge is 2.08. The van der Waals surface area contributed by atoms with Crippen LogP contribution in [0.2, 0.25) is 4.34 Å². The Kier molecular flexibility index (Phi) is 4.11. The summed E-state index contributed by atoms with van der Waals surface area (Å²) in [5.74, 6) is -0.196. The van der Waals surface area contributed by atoms with Crippen LogP contribution in [0.5, 0.6) is 11.5 Å². The second-order valence-corrected chi connectivity index (χ2v) is 5.81. The average Bonchev–Trinajstić information content (AvgIpc) is 2.77. The molecule has 0 amide bonds. The molecule has 1 aromatic heterocycles. The standard InChI is InChI=1S/C13H14ClNO2S/c1-8(12-4-5-13(14)18-12)15-7-9-2-3-10(16)11(17)6-9/h2-6,8,15-17H,7H2,1H3. The van der Waals surface area contributed by atoms with Crippen molar-refractivity contribution in [3.63, 3.8) is 0 Å². The normalized spacial score (nSPS) is 12.6.